The highest BCUT2D eigenvalue weighted by atomic mass is 35.5. The lowest BCUT2D eigenvalue weighted by molar-refractivity contribution is -0.121. The van der Waals surface area contributed by atoms with Crippen molar-refractivity contribution in [2.24, 2.45) is 0 Å². The standard InChI is InChI=1S/C17H16ClN3O2/c1-12-4-6-15(14(18)9-12)21-17(23)11-20-16(22)7-5-13-3-2-8-19-10-13/h2-10H,11H2,1H3,(H,20,22)(H,21,23)/b7-5+. The van der Waals surface area contributed by atoms with Crippen molar-refractivity contribution in [3.63, 3.8) is 0 Å². The third-order valence-corrected chi connectivity index (χ3v) is 3.25. The molecular weight excluding hydrogens is 314 g/mol. The number of rotatable bonds is 5. The molecule has 2 amide bonds. The van der Waals surface area contributed by atoms with Gasteiger partial charge in [0, 0.05) is 18.5 Å². The molecule has 0 unspecified atom stereocenters. The van der Waals surface area contributed by atoms with Gasteiger partial charge in [-0.3, -0.25) is 14.6 Å². The highest BCUT2D eigenvalue weighted by Gasteiger charge is 2.06. The van der Waals surface area contributed by atoms with Crippen LogP contribution in [0.15, 0.2) is 48.8 Å². The van der Waals surface area contributed by atoms with Gasteiger partial charge in [-0.25, -0.2) is 0 Å². The van der Waals surface area contributed by atoms with Crippen molar-refractivity contribution in [2.75, 3.05) is 11.9 Å². The van der Waals surface area contributed by atoms with E-state index < -0.39 is 0 Å². The Morgan fingerprint density at radius 2 is 2.13 bits per heavy atom. The number of nitrogens with one attached hydrogen (secondary N) is 2. The molecule has 2 aromatic rings. The molecule has 0 atom stereocenters. The van der Waals surface area contributed by atoms with E-state index in [0.29, 0.717) is 10.7 Å². The van der Waals surface area contributed by atoms with Gasteiger partial charge < -0.3 is 10.6 Å². The second-order valence-electron chi connectivity index (χ2n) is 4.87. The summed E-state index contributed by atoms with van der Waals surface area (Å²) in [5, 5.41) is 5.61. The first-order chi connectivity index (χ1) is 11.0. The van der Waals surface area contributed by atoms with Gasteiger partial charge in [-0.2, -0.15) is 0 Å². The Morgan fingerprint density at radius 3 is 2.83 bits per heavy atom. The number of hydrogen-bond donors (Lipinski definition) is 2. The molecule has 118 valence electrons. The zero-order valence-electron chi connectivity index (χ0n) is 12.5. The molecule has 0 radical (unpaired) electrons. The summed E-state index contributed by atoms with van der Waals surface area (Å²) in [6.45, 7) is 1.77. The summed E-state index contributed by atoms with van der Waals surface area (Å²) in [6.07, 6.45) is 6.26. The quantitative estimate of drug-likeness (QED) is 0.829. The molecule has 0 saturated heterocycles. The van der Waals surface area contributed by atoms with Crippen LogP contribution in [-0.4, -0.2) is 23.3 Å². The van der Waals surface area contributed by atoms with Crippen molar-refractivity contribution < 1.29 is 9.59 Å². The summed E-state index contributed by atoms with van der Waals surface area (Å²) in [5.74, 6) is -0.710. The molecule has 0 aliphatic carbocycles. The number of benzene rings is 1. The van der Waals surface area contributed by atoms with Crippen LogP contribution < -0.4 is 10.6 Å². The van der Waals surface area contributed by atoms with Crippen LogP contribution in [0.5, 0.6) is 0 Å². The molecule has 1 aromatic heterocycles. The second-order valence-corrected chi connectivity index (χ2v) is 5.28. The lowest BCUT2D eigenvalue weighted by Gasteiger charge is -2.08. The molecule has 0 saturated carbocycles. The van der Waals surface area contributed by atoms with Gasteiger partial charge in [0.05, 0.1) is 17.3 Å². The van der Waals surface area contributed by atoms with Gasteiger partial charge in [0.15, 0.2) is 0 Å². The number of aromatic nitrogens is 1. The maximum Gasteiger partial charge on any atom is 0.244 e. The summed E-state index contributed by atoms with van der Waals surface area (Å²) < 4.78 is 0. The van der Waals surface area contributed by atoms with E-state index in [9.17, 15) is 9.59 Å². The number of anilines is 1. The molecule has 0 spiro atoms. The minimum atomic E-state index is -0.362. The zero-order chi connectivity index (χ0) is 16.7. The van der Waals surface area contributed by atoms with Crippen molar-refractivity contribution in [1.29, 1.82) is 0 Å². The summed E-state index contributed by atoms with van der Waals surface area (Å²) in [4.78, 5) is 27.4. The Morgan fingerprint density at radius 1 is 1.30 bits per heavy atom. The number of pyridine rings is 1. The number of halogens is 1. The molecule has 2 rings (SSSR count). The Kier molecular flexibility index (Phi) is 5.88. The average molecular weight is 330 g/mol. The van der Waals surface area contributed by atoms with E-state index in [-0.39, 0.29) is 18.4 Å². The van der Waals surface area contributed by atoms with Crippen molar-refractivity contribution in [1.82, 2.24) is 10.3 Å². The van der Waals surface area contributed by atoms with Crippen LogP contribution in [0.1, 0.15) is 11.1 Å². The van der Waals surface area contributed by atoms with Crippen LogP contribution >= 0.6 is 11.6 Å². The average Bonchev–Trinajstić information content (AvgIpc) is 2.54. The number of amides is 2. The molecule has 6 heteroatoms. The van der Waals surface area contributed by atoms with E-state index >= 15 is 0 Å². The van der Waals surface area contributed by atoms with Gasteiger partial charge in [0.25, 0.3) is 0 Å². The monoisotopic (exact) mass is 329 g/mol. The van der Waals surface area contributed by atoms with Crippen LogP contribution in [0, 0.1) is 6.92 Å². The molecule has 0 aliphatic rings. The van der Waals surface area contributed by atoms with Crippen molar-refractivity contribution in [3.05, 3.63) is 65.0 Å². The van der Waals surface area contributed by atoms with Crippen LogP contribution in [0.2, 0.25) is 5.02 Å². The van der Waals surface area contributed by atoms with Gasteiger partial charge in [-0.15, -0.1) is 0 Å². The van der Waals surface area contributed by atoms with Crippen LogP contribution in [0.3, 0.4) is 0 Å². The maximum atomic E-state index is 11.8. The maximum absolute atomic E-state index is 11.8. The first-order valence-electron chi connectivity index (χ1n) is 6.96. The normalized spacial score (nSPS) is 10.5. The molecule has 1 aromatic carbocycles. The number of aryl methyl sites for hydroxylation is 1. The molecule has 23 heavy (non-hydrogen) atoms. The van der Waals surface area contributed by atoms with E-state index in [1.807, 2.05) is 19.1 Å². The van der Waals surface area contributed by atoms with Crippen LogP contribution in [0.4, 0.5) is 5.69 Å². The number of carbonyl (C=O) groups is 2. The van der Waals surface area contributed by atoms with E-state index in [1.165, 1.54) is 6.08 Å². The summed E-state index contributed by atoms with van der Waals surface area (Å²) in [7, 11) is 0. The highest BCUT2D eigenvalue weighted by Crippen LogP contribution is 2.22. The third kappa shape index (κ3) is 5.56. The first kappa shape index (κ1) is 16.7. The molecule has 0 bridgehead atoms. The van der Waals surface area contributed by atoms with Crippen molar-refractivity contribution >= 4 is 35.2 Å². The minimum Gasteiger partial charge on any atom is -0.343 e. The van der Waals surface area contributed by atoms with Crippen LogP contribution in [-0.2, 0) is 9.59 Å². The van der Waals surface area contributed by atoms with Crippen LogP contribution in [0.25, 0.3) is 6.08 Å². The molecule has 0 fully saturated rings. The highest BCUT2D eigenvalue weighted by molar-refractivity contribution is 6.33. The van der Waals surface area contributed by atoms with Gasteiger partial charge in [0.2, 0.25) is 11.8 Å². The Balaban J connectivity index is 1.82. The lowest BCUT2D eigenvalue weighted by atomic mass is 10.2. The Bertz CT molecular complexity index is 730. The van der Waals surface area contributed by atoms with E-state index in [4.69, 9.17) is 11.6 Å². The summed E-state index contributed by atoms with van der Waals surface area (Å²) in [6, 6.07) is 8.92. The number of hydrogen-bond acceptors (Lipinski definition) is 3. The SMILES string of the molecule is Cc1ccc(NC(=O)CNC(=O)/C=C/c2cccnc2)c(Cl)c1. The zero-order valence-corrected chi connectivity index (χ0v) is 13.3. The summed E-state index contributed by atoms with van der Waals surface area (Å²) in [5.41, 5.74) is 2.32. The van der Waals surface area contributed by atoms with Gasteiger partial charge in [-0.1, -0.05) is 23.7 Å². The molecule has 0 aliphatic heterocycles. The second kappa shape index (κ2) is 8.10. The fourth-order valence-corrected chi connectivity index (χ4v) is 2.07. The lowest BCUT2D eigenvalue weighted by Crippen LogP contribution is -2.31. The van der Waals surface area contributed by atoms with Gasteiger partial charge >= 0.3 is 0 Å². The smallest absolute Gasteiger partial charge is 0.244 e. The minimum absolute atomic E-state index is 0.138. The predicted octanol–water partition coefficient (Wildman–Crippen LogP) is 2.81. The molecule has 5 nitrogen and oxygen atoms in total. The number of carbonyl (C=O) groups excluding carboxylic acids is 2. The van der Waals surface area contributed by atoms with Gasteiger partial charge in [-0.05, 0) is 42.3 Å². The third-order valence-electron chi connectivity index (χ3n) is 2.93. The van der Waals surface area contributed by atoms with E-state index in [2.05, 4.69) is 15.6 Å². The largest absolute Gasteiger partial charge is 0.343 e. The number of nitrogens with zero attached hydrogens (tertiary/aromatic N) is 1. The fraction of sp³-hybridized carbons (Fsp3) is 0.118. The van der Waals surface area contributed by atoms with Gasteiger partial charge in [0.1, 0.15) is 0 Å². The van der Waals surface area contributed by atoms with Crippen molar-refractivity contribution in [2.45, 2.75) is 6.92 Å². The molecular formula is C17H16ClN3O2. The molecule has 2 N–H and O–H groups in total. The Labute approximate surface area is 139 Å². The van der Waals surface area contributed by atoms with E-state index in [1.54, 1.807) is 36.7 Å². The first-order valence-corrected chi connectivity index (χ1v) is 7.34. The predicted molar refractivity (Wildman–Crippen MR) is 91.1 cm³/mol. The molecule has 1 heterocycles. The topological polar surface area (TPSA) is 71.1 Å². The fourth-order valence-electron chi connectivity index (χ4n) is 1.79. The van der Waals surface area contributed by atoms with Crippen molar-refractivity contribution in [3.8, 4) is 0 Å². The summed E-state index contributed by atoms with van der Waals surface area (Å²) >= 11 is 6.03. The van der Waals surface area contributed by atoms with E-state index in [0.717, 1.165) is 11.1 Å². The Hall–Kier alpha value is -2.66.